The van der Waals surface area contributed by atoms with E-state index >= 15 is 0 Å². The average molecular weight is 296 g/mol. The topological polar surface area (TPSA) is 80.9 Å². The molecule has 120 valence electrons. The van der Waals surface area contributed by atoms with E-state index in [-0.39, 0.29) is 6.54 Å². The van der Waals surface area contributed by atoms with Gasteiger partial charge in [0.05, 0.1) is 0 Å². The van der Waals surface area contributed by atoms with E-state index in [1.807, 2.05) is 0 Å². The van der Waals surface area contributed by atoms with Crippen molar-refractivity contribution < 1.29 is 9.90 Å². The van der Waals surface area contributed by atoms with E-state index in [2.05, 4.69) is 22.3 Å². The Bertz CT molecular complexity index is 393. The zero-order chi connectivity index (χ0) is 15.3. The molecule has 0 unspecified atom stereocenters. The van der Waals surface area contributed by atoms with Crippen LogP contribution in [0.2, 0.25) is 0 Å². The standard InChI is InChI=1S/C15H28N4O2/c1-2-3-4-5-6-7-8-9-10-11-12-14-16-18-19(17-14)13-15(20)21/h2-13H2,1H3,(H,20,21). The number of carboxylic acids is 1. The predicted octanol–water partition coefficient (Wildman–Crippen LogP) is 3.22. The number of hydrogen-bond acceptors (Lipinski definition) is 4. The van der Waals surface area contributed by atoms with Crippen LogP contribution in [-0.4, -0.2) is 31.3 Å². The second-order valence-electron chi connectivity index (χ2n) is 5.56. The highest BCUT2D eigenvalue weighted by molar-refractivity contribution is 5.66. The predicted molar refractivity (Wildman–Crippen MR) is 81.0 cm³/mol. The van der Waals surface area contributed by atoms with E-state index in [9.17, 15) is 4.79 Å². The highest BCUT2D eigenvalue weighted by Gasteiger charge is 2.05. The molecule has 0 aliphatic heterocycles. The van der Waals surface area contributed by atoms with Gasteiger partial charge >= 0.3 is 5.97 Å². The third-order valence-electron chi connectivity index (χ3n) is 3.52. The van der Waals surface area contributed by atoms with Gasteiger partial charge in [-0.3, -0.25) is 4.79 Å². The summed E-state index contributed by atoms with van der Waals surface area (Å²) in [5.74, 6) is -0.297. The second kappa shape index (κ2) is 11.2. The van der Waals surface area contributed by atoms with Gasteiger partial charge in [0.15, 0.2) is 12.4 Å². The van der Waals surface area contributed by atoms with Gasteiger partial charge in [0.25, 0.3) is 0 Å². The second-order valence-corrected chi connectivity index (χ2v) is 5.56. The van der Waals surface area contributed by atoms with E-state index in [0.717, 1.165) is 17.6 Å². The Morgan fingerprint density at radius 2 is 1.57 bits per heavy atom. The van der Waals surface area contributed by atoms with Crippen LogP contribution in [0.15, 0.2) is 0 Å². The lowest BCUT2D eigenvalue weighted by Gasteiger charge is -2.01. The van der Waals surface area contributed by atoms with E-state index < -0.39 is 5.97 Å². The number of unbranched alkanes of at least 4 members (excludes halogenated alkanes) is 9. The number of aromatic nitrogens is 4. The molecule has 6 nitrogen and oxygen atoms in total. The monoisotopic (exact) mass is 296 g/mol. The lowest BCUT2D eigenvalue weighted by atomic mass is 10.1. The maximum Gasteiger partial charge on any atom is 0.327 e. The summed E-state index contributed by atoms with van der Waals surface area (Å²) in [7, 11) is 0. The van der Waals surface area contributed by atoms with Crippen molar-refractivity contribution in [2.45, 2.75) is 84.1 Å². The van der Waals surface area contributed by atoms with Gasteiger partial charge in [-0.1, -0.05) is 64.7 Å². The lowest BCUT2D eigenvalue weighted by molar-refractivity contribution is -0.138. The fraction of sp³-hybridized carbons (Fsp3) is 0.867. The Morgan fingerprint density at radius 3 is 2.14 bits per heavy atom. The molecule has 0 aliphatic carbocycles. The Labute approximate surface area is 126 Å². The summed E-state index contributed by atoms with van der Waals surface area (Å²) in [6.45, 7) is 2.03. The highest BCUT2D eigenvalue weighted by atomic mass is 16.4. The molecule has 1 aromatic rings. The van der Waals surface area contributed by atoms with E-state index in [4.69, 9.17) is 5.11 Å². The van der Waals surface area contributed by atoms with E-state index in [0.29, 0.717) is 5.82 Å². The number of carboxylic acid groups (broad SMARTS) is 1. The zero-order valence-corrected chi connectivity index (χ0v) is 13.1. The Morgan fingerprint density at radius 1 is 1.00 bits per heavy atom. The molecule has 0 bridgehead atoms. The van der Waals surface area contributed by atoms with Crippen LogP contribution >= 0.6 is 0 Å². The van der Waals surface area contributed by atoms with Crippen LogP contribution < -0.4 is 0 Å². The molecular weight excluding hydrogens is 268 g/mol. The average Bonchev–Trinajstić information content (AvgIpc) is 2.87. The van der Waals surface area contributed by atoms with Crippen LogP contribution in [0.3, 0.4) is 0 Å². The van der Waals surface area contributed by atoms with Crippen molar-refractivity contribution in [1.29, 1.82) is 0 Å². The number of aryl methyl sites for hydroxylation is 1. The summed E-state index contributed by atoms with van der Waals surface area (Å²) in [5, 5.41) is 20.2. The molecule has 0 atom stereocenters. The molecule has 0 fully saturated rings. The fourth-order valence-electron chi connectivity index (χ4n) is 2.34. The third-order valence-corrected chi connectivity index (χ3v) is 3.52. The first kappa shape index (κ1) is 17.6. The molecule has 0 saturated carbocycles. The summed E-state index contributed by atoms with van der Waals surface area (Å²) >= 11 is 0. The Kier molecular flexibility index (Phi) is 9.40. The maximum absolute atomic E-state index is 10.5. The first-order valence-electron chi connectivity index (χ1n) is 8.21. The van der Waals surface area contributed by atoms with Gasteiger partial charge in [0.1, 0.15) is 0 Å². The number of nitrogens with zero attached hydrogens (tertiary/aromatic N) is 4. The molecule has 0 amide bonds. The normalized spacial score (nSPS) is 10.9. The van der Waals surface area contributed by atoms with Crippen LogP contribution in [0.25, 0.3) is 0 Å². The molecule has 1 heterocycles. The molecule has 0 radical (unpaired) electrons. The minimum atomic E-state index is -0.946. The summed E-state index contributed by atoms with van der Waals surface area (Å²) in [6, 6.07) is 0. The Balaban J connectivity index is 1.94. The molecule has 0 saturated heterocycles. The summed E-state index contributed by atoms with van der Waals surface area (Å²) in [4.78, 5) is 11.6. The fourth-order valence-corrected chi connectivity index (χ4v) is 2.34. The molecule has 0 spiro atoms. The van der Waals surface area contributed by atoms with E-state index in [1.165, 1.54) is 57.8 Å². The van der Waals surface area contributed by atoms with Crippen LogP contribution in [0.4, 0.5) is 0 Å². The van der Waals surface area contributed by atoms with Gasteiger partial charge in [-0.15, -0.1) is 10.2 Å². The van der Waals surface area contributed by atoms with Crippen LogP contribution in [0.5, 0.6) is 0 Å². The number of hydrogen-bond donors (Lipinski definition) is 1. The van der Waals surface area contributed by atoms with Gasteiger partial charge in [0.2, 0.25) is 0 Å². The van der Waals surface area contributed by atoms with Crippen molar-refractivity contribution >= 4 is 5.97 Å². The van der Waals surface area contributed by atoms with Gasteiger partial charge in [-0.2, -0.15) is 4.80 Å². The minimum Gasteiger partial charge on any atom is -0.480 e. The number of aliphatic carboxylic acids is 1. The number of carbonyl (C=O) groups is 1. The lowest BCUT2D eigenvalue weighted by Crippen LogP contribution is -2.11. The zero-order valence-electron chi connectivity index (χ0n) is 13.1. The van der Waals surface area contributed by atoms with Crippen molar-refractivity contribution in [1.82, 2.24) is 20.2 Å². The number of tetrazole rings is 1. The SMILES string of the molecule is CCCCCCCCCCCCc1nnn(CC(=O)O)n1. The van der Waals surface area contributed by atoms with Crippen LogP contribution in [-0.2, 0) is 17.8 Å². The van der Waals surface area contributed by atoms with Crippen molar-refractivity contribution in [3.8, 4) is 0 Å². The molecule has 1 rings (SSSR count). The van der Waals surface area contributed by atoms with Crippen molar-refractivity contribution in [3.63, 3.8) is 0 Å². The first-order chi connectivity index (χ1) is 10.2. The molecule has 0 aliphatic rings. The van der Waals surface area contributed by atoms with Gasteiger partial charge < -0.3 is 5.11 Å². The smallest absolute Gasteiger partial charge is 0.327 e. The van der Waals surface area contributed by atoms with Gasteiger partial charge in [0, 0.05) is 6.42 Å². The molecule has 6 heteroatoms. The molecule has 21 heavy (non-hydrogen) atoms. The molecular formula is C15H28N4O2. The number of rotatable bonds is 13. The highest BCUT2D eigenvalue weighted by Crippen LogP contribution is 2.11. The quantitative estimate of drug-likeness (QED) is 0.565. The van der Waals surface area contributed by atoms with E-state index in [1.54, 1.807) is 0 Å². The summed E-state index contributed by atoms with van der Waals surface area (Å²) in [6.07, 6.45) is 13.7. The van der Waals surface area contributed by atoms with Crippen molar-refractivity contribution in [3.05, 3.63) is 5.82 Å². The van der Waals surface area contributed by atoms with Crippen LogP contribution in [0, 0.1) is 0 Å². The van der Waals surface area contributed by atoms with Crippen LogP contribution in [0.1, 0.15) is 77.0 Å². The first-order valence-corrected chi connectivity index (χ1v) is 8.21. The largest absolute Gasteiger partial charge is 0.480 e. The Hall–Kier alpha value is -1.46. The summed E-state index contributed by atoms with van der Waals surface area (Å²) in [5.41, 5.74) is 0. The summed E-state index contributed by atoms with van der Waals surface area (Å²) < 4.78 is 0. The maximum atomic E-state index is 10.5. The van der Waals surface area contributed by atoms with Crippen molar-refractivity contribution in [2.75, 3.05) is 0 Å². The molecule has 1 N–H and O–H groups in total. The third kappa shape index (κ3) is 9.15. The van der Waals surface area contributed by atoms with Crippen molar-refractivity contribution in [2.24, 2.45) is 0 Å². The molecule has 0 aromatic carbocycles. The van der Waals surface area contributed by atoms with Gasteiger partial charge in [-0.05, 0) is 11.6 Å². The minimum absolute atomic E-state index is 0.217. The van der Waals surface area contributed by atoms with Gasteiger partial charge in [-0.25, -0.2) is 0 Å². The molecule has 1 aromatic heterocycles.